The zero-order valence-corrected chi connectivity index (χ0v) is 13.6. The second kappa shape index (κ2) is 7.44. The maximum absolute atomic E-state index is 12.3. The van der Waals surface area contributed by atoms with Crippen LogP contribution in [0.1, 0.15) is 25.3 Å². The first-order valence-corrected chi connectivity index (χ1v) is 7.45. The molecule has 1 aromatic carbocycles. The van der Waals surface area contributed by atoms with Gasteiger partial charge in [0.15, 0.2) is 23.6 Å². The first-order chi connectivity index (χ1) is 11.1. The van der Waals surface area contributed by atoms with Crippen LogP contribution in [-0.2, 0) is 19.7 Å². The van der Waals surface area contributed by atoms with Crippen LogP contribution in [-0.4, -0.2) is 39.5 Å². The van der Waals surface area contributed by atoms with Crippen molar-refractivity contribution < 1.29 is 23.7 Å². The van der Waals surface area contributed by atoms with E-state index < -0.39 is 5.41 Å². The molecule has 23 heavy (non-hydrogen) atoms. The van der Waals surface area contributed by atoms with Crippen LogP contribution in [0.4, 0.5) is 0 Å². The quantitative estimate of drug-likeness (QED) is 0.767. The third kappa shape index (κ3) is 3.46. The van der Waals surface area contributed by atoms with Crippen molar-refractivity contribution in [1.29, 1.82) is 5.26 Å². The molecule has 0 unspecified atom stereocenters. The van der Waals surface area contributed by atoms with Crippen LogP contribution in [0.25, 0.3) is 0 Å². The molecule has 0 bridgehead atoms. The number of ether oxygens (including phenoxy) is 4. The molecule has 1 heterocycles. The van der Waals surface area contributed by atoms with E-state index in [0.29, 0.717) is 43.1 Å². The van der Waals surface area contributed by atoms with E-state index in [1.165, 1.54) is 21.1 Å². The summed E-state index contributed by atoms with van der Waals surface area (Å²) in [5, 5.41) is 9.74. The molecule has 0 N–H and O–H groups in total. The molecule has 1 aliphatic rings. The Morgan fingerprint density at radius 2 is 1.96 bits per heavy atom. The number of rotatable bonds is 7. The molecule has 124 valence electrons. The lowest BCUT2D eigenvalue weighted by atomic mass is 9.74. The van der Waals surface area contributed by atoms with E-state index in [4.69, 9.17) is 18.9 Å². The number of ketones is 1. The molecule has 0 spiro atoms. The van der Waals surface area contributed by atoms with Crippen molar-refractivity contribution in [3.05, 3.63) is 23.8 Å². The number of carbonyl (C=O) groups excluding carboxylic acids is 1. The Kier molecular flexibility index (Phi) is 5.59. The highest BCUT2D eigenvalue weighted by atomic mass is 16.7. The molecule has 1 saturated heterocycles. The zero-order valence-electron chi connectivity index (χ0n) is 13.6. The maximum Gasteiger partial charge on any atom is 0.161 e. The molecule has 0 radical (unpaired) electrons. The Morgan fingerprint density at radius 3 is 2.48 bits per heavy atom. The van der Waals surface area contributed by atoms with Crippen LogP contribution < -0.4 is 9.47 Å². The first kappa shape index (κ1) is 17.3. The van der Waals surface area contributed by atoms with Gasteiger partial charge in [0.1, 0.15) is 5.41 Å². The third-order valence-electron chi connectivity index (χ3n) is 4.11. The van der Waals surface area contributed by atoms with Gasteiger partial charge in [-0.3, -0.25) is 4.79 Å². The predicted molar refractivity (Wildman–Crippen MR) is 82.4 cm³/mol. The number of nitrogens with zero attached hydrogens (tertiary/aromatic N) is 1. The highest BCUT2D eigenvalue weighted by molar-refractivity contribution is 5.91. The van der Waals surface area contributed by atoms with Crippen molar-refractivity contribution in [2.24, 2.45) is 0 Å². The molecular formula is C17H21NO5. The number of hydrogen-bond donors (Lipinski definition) is 0. The largest absolute Gasteiger partial charge is 0.493 e. The Bertz CT molecular complexity index is 603. The van der Waals surface area contributed by atoms with Crippen molar-refractivity contribution >= 4 is 5.78 Å². The molecular weight excluding hydrogens is 298 g/mol. The van der Waals surface area contributed by atoms with Gasteiger partial charge in [-0.15, -0.1) is 0 Å². The molecule has 6 nitrogen and oxygen atoms in total. The van der Waals surface area contributed by atoms with Crippen molar-refractivity contribution in [2.75, 3.05) is 27.4 Å². The highest BCUT2D eigenvalue weighted by Crippen LogP contribution is 2.37. The van der Waals surface area contributed by atoms with Gasteiger partial charge in [0.25, 0.3) is 0 Å². The standard InChI is InChI=1S/C17H21NO5/c1-12(19)17(11-18,7-6-16-22-8-9-23-16)13-4-5-14(20-2)15(10-13)21-3/h4-5,10,16H,6-9H2,1-3H3/t17-/m0/s1. The van der Waals surface area contributed by atoms with Gasteiger partial charge in [0, 0.05) is 6.42 Å². The summed E-state index contributed by atoms with van der Waals surface area (Å²) in [6, 6.07) is 7.29. The van der Waals surface area contributed by atoms with E-state index in [0.717, 1.165) is 0 Å². The van der Waals surface area contributed by atoms with Gasteiger partial charge in [-0.25, -0.2) is 0 Å². The highest BCUT2D eigenvalue weighted by Gasteiger charge is 2.39. The summed E-state index contributed by atoms with van der Waals surface area (Å²) >= 11 is 0. The van der Waals surface area contributed by atoms with E-state index in [1.807, 2.05) is 0 Å². The maximum atomic E-state index is 12.3. The number of hydrogen-bond acceptors (Lipinski definition) is 6. The van der Waals surface area contributed by atoms with E-state index >= 15 is 0 Å². The molecule has 2 rings (SSSR count). The van der Waals surface area contributed by atoms with Crippen LogP contribution in [0.2, 0.25) is 0 Å². The average molecular weight is 319 g/mol. The first-order valence-electron chi connectivity index (χ1n) is 7.45. The Labute approximate surface area is 135 Å². The lowest BCUT2D eigenvalue weighted by molar-refractivity contribution is -0.121. The van der Waals surface area contributed by atoms with E-state index in [-0.39, 0.29) is 12.1 Å². The molecule has 0 amide bonds. The summed E-state index contributed by atoms with van der Waals surface area (Å²) < 4.78 is 21.3. The van der Waals surface area contributed by atoms with E-state index in [2.05, 4.69) is 6.07 Å². The van der Waals surface area contributed by atoms with Gasteiger partial charge >= 0.3 is 0 Å². The summed E-state index contributed by atoms with van der Waals surface area (Å²) in [5.41, 5.74) is -0.669. The molecule has 1 fully saturated rings. The fraction of sp³-hybridized carbons (Fsp3) is 0.529. The summed E-state index contributed by atoms with van der Waals surface area (Å²) in [5.74, 6) is 0.818. The molecule has 1 aromatic rings. The normalized spacial score (nSPS) is 17.3. The number of Topliss-reactive ketones (excluding diaryl/α,β-unsaturated/α-hetero) is 1. The van der Waals surface area contributed by atoms with Crippen molar-refractivity contribution in [2.45, 2.75) is 31.5 Å². The van der Waals surface area contributed by atoms with Crippen LogP contribution in [0.15, 0.2) is 18.2 Å². The minimum absolute atomic E-state index is 0.217. The van der Waals surface area contributed by atoms with Crippen LogP contribution in [0, 0.1) is 11.3 Å². The summed E-state index contributed by atoms with van der Waals surface area (Å²) in [6.07, 6.45) is 0.433. The number of nitriles is 1. The average Bonchev–Trinajstić information content (AvgIpc) is 3.08. The fourth-order valence-electron chi connectivity index (χ4n) is 2.73. The lowest BCUT2D eigenvalue weighted by Crippen LogP contribution is -2.34. The monoisotopic (exact) mass is 319 g/mol. The molecule has 6 heteroatoms. The topological polar surface area (TPSA) is 77.8 Å². The fourth-order valence-corrected chi connectivity index (χ4v) is 2.73. The molecule has 1 aliphatic heterocycles. The molecule has 1 atom stereocenters. The lowest BCUT2D eigenvalue weighted by Gasteiger charge is -2.26. The van der Waals surface area contributed by atoms with Gasteiger partial charge < -0.3 is 18.9 Å². The number of carbonyl (C=O) groups is 1. The SMILES string of the molecule is COc1ccc([C@](C#N)(CCC2OCCO2)C(C)=O)cc1OC. The van der Waals surface area contributed by atoms with Crippen LogP contribution in [0.5, 0.6) is 11.5 Å². The number of methoxy groups -OCH3 is 2. The van der Waals surface area contributed by atoms with Crippen molar-refractivity contribution in [3.63, 3.8) is 0 Å². The second-order valence-corrected chi connectivity index (χ2v) is 5.35. The van der Waals surface area contributed by atoms with Crippen molar-refractivity contribution in [3.8, 4) is 17.6 Å². The summed E-state index contributed by atoms with van der Waals surface area (Å²) in [6.45, 7) is 2.51. The van der Waals surface area contributed by atoms with E-state index in [1.54, 1.807) is 18.2 Å². The third-order valence-corrected chi connectivity index (χ3v) is 4.11. The Morgan fingerprint density at radius 1 is 1.30 bits per heavy atom. The van der Waals surface area contributed by atoms with Gasteiger partial charge in [-0.2, -0.15) is 5.26 Å². The molecule has 0 aliphatic carbocycles. The smallest absolute Gasteiger partial charge is 0.161 e. The summed E-state index contributed by atoms with van der Waals surface area (Å²) in [4.78, 5) is 12.3. The van der Waals surface area contributed by atoms with Gasteiger partial charge in [-0.05, 0) is 31.0 Å². The van der Waals surface area contributed by atoms with E-state index in [9.17, 15) is 10.1 Å². The minimum atomic E-state index is -1.26. The van der Waals surface area contributed by atoms with Gasteiger partial charge in [-0.1, -0.05) is 6.07 Å². The van der Waals surface area contributed by atoms with Gasteiger partial charge in [0.2, 0.25) is 0 Å². The van der Waals surface area contributed by atoms with Gasteiger partial charge in [0.05, 0.1) is 33.5 Å². The minimum Gasteiger partial charge on any atom is -0.493 e. The molecule has 0 aromatic heterocycles. The Hall–Kier alpha value is -2.10. The molecule has 0 saturated carbocycles. The zero-order chi connectivity index (χ0) is 16.9. The number of benzene rings is 1. The van der Waals surface area contributed by atoms with Crippen LogP contribution in [0.3, 0.4) is 0 Å². The van der Waals surface area contributed by atoms with Crippen LogP contribution >= 0.6 is 0 Å². The second-order valence-electron chi connectivity index (χ2n) is 5.35. The summed E-state index contributed by atoms with van der Waals surface area (Å²) in [7, 11) is 3.05. The van der Waals surface area contributed by atoms with Crippen molar-refractivity contribution in [1.82, 2.24) is 0 Å². The Balaban J connectivity index is 2.33. The predicted octanol–water partition coefficient (Wildman–Crippen LogP) is 2.21.